The molecule has 0 saturated heterocycles. The Hall–Kier alpha value is -1.69. The minimum atomic E-state index is -0.801. The van der Waals surface area contributed by atoms with Gasteiger partial charge in [0.15, 0.2) is 0 Å². The Morgan fingerprint density at radius 1 is 1.62 bits per heavy atom. The Morgan fingerprint density at radius 2 is 2.38 bits per heavy atom. The third kappa shape index (κ3) is 3.16. The number of aliphatic hydroxyl groups excluding tert-OH is 1. The summed E-state index contributed by atoms with van der Waals surface area (Å²) in [6, 6.07) is 0.926. The van der Waals surface area contributed by atoms with Crippen molar-refractivity contribution in [2.24, 2.45) is 0 Å². The molecule has 0 amide bonds. The SMILES string of the molecule is CCc1cc(NC(CO)C(=O)OC)ncn1. The number of methoxy groups -OCH3 is 1. The fraction of sp³-hybridized carbons (Fsp3) is 0.500. The Balaban J connectivity index is 2.73. The van der Waals surface area contributed by atoms with E-state index in [9.17, 15) is 4.79 Å². The summed E-state index contributed by atoms with van der Waals surface area (Å²) in [7, 11) is 1.27. The number of carbonyl (C=O) groups is 1. The second kappa shape index (κ2) is 6.02. The molecule has 0 radical (unpaired) electrons. The number of hydrogen-bond acceptors (Lipinski definition) is 6. The molecule has 0 bridgehead atoms. The van der Waals surface area contributed by atoms with Crippen LogP contribution >= 0.6 is 0 Å². The van der Waals surface area contributed by atoms with Crippen molar-refractivity contribution in [1.29, 1.82) is 0 Å². The third-order valence-electron chi connectivity index (χ3n) is 2.08. The first-order chi connectivity index (χ1) is 7.71. The van der Waals surface area contributed by atoms with Gasteiger partial charge >= 0.3 is 5.97 Å². The van der Waals surface area contributed by atoms with Crippen molar-refractivity contribution in [2.75, 3.05) is 19.0 Å². The van der Waals surface area contributed by atoms with Crippen LogP contribution in [0.3, 0.4) is 0 Å². The lowest BCUT2D eigenvalue weighted by Crippen LogP contribution is -2.34. The summed E-state index contributed by atoms with van der Waals surface area (Å²) in [6.07, 6.45) is 2.19. The summed E-state index contributed by atoms with van der Waals surface area (Å²) >= 11 is 0. The molecule has 0 fully saturated rings. The van der Waals surface area contributed by atoms with Crippen molar-refractivity contribution >= 4 is 11.8 Å². The molecule has 1 aromatic rings. The van der Waals surface area contributed by atoms with Crippen molar-refractivity contribution in [1.82, 2.24) is 9.97 Å². The minimum absolute atomic E-state index is 0.349. The summed E-state index contributed by atoms with van der Waals surface area (Å²) in [5.41, 5.74) is 0.860. The first kappa shape index (κ1) is 12.4. The normalized spacial score (nSPS) is 11.9. The summed E-state index contributed by atoms with van der Waals surface area (Å²) in [5, 5.41) is 11.8. The highest BCUT2D eigenvalue weighted by Gasteiger charge is 2.18. The average molecular weight is 225 g/mol. The van der Waals surface area contributed by atoms with Gasteiger partial charge in [-0.15, -0.1) is 0 Å². The van der Waals surface area contributed by atoms with Crippen molar-refractivity contribution in [3.63, 3.8) is 0 Å². The van der Waals surface area contributed by atoms with E-state index in [1.54, 1.807) is 6.07 Å². The highest BCUT2D eigenvalue weighted by Crippen LogP contribution is 2.06. The molecule has 1 rings (SSSR count). The lowest BCUT2D eigenvalue weighted by Gasteiger charge is -2.14. The molecule has 6 nitrogen and oxygen atoms in total. The number of ether oxygens (including phenoxy) is 1. The monoisotopic (exact) mass is 225 g/mol. The Bertz CT molecular complexity index is 357. The summed E-state index contributed by atoms with van der Waals surface area (Å²) < 4.78 is 4.53. The van der Waals surface area contributed by atoms with Crippen LogP contribution < -0.4 is 5.32 Å². The van der Waals surface area contributed by atoms with Gasteiger partial charge in [0.2, 0.25) is 0 Å². The van der Waals surface area contributed by atoms with Crippen molar-refractivity contribution in [3.05, 3.63) is 18.1 Å². The molecule has 88 valence electrons. The van der Waals surface area contributed by atoms with E-state index in [1.807, 2.05) is 6.92 Å². The van der Waals surface area contributed by atoms with E-state index in [0.29, 0.717) is 5.82 Å². The van der Waals surface area contributed by atoms with Crippen LogP contribution in [0, 0.1) is 0 Å². The van der Waals surface area contributed by atoms with Gasteiger partial charge in [-0.3, -0.25) is 0 Å². The molecule has 1 heterocycles. The topological polar surface area (TPSA) is 84.3 Å². The van der Waals surface area contributed by atoms with Gasteiger partial charge < -0.3 is 15.2 Å². The molecule has 0 aliphatic carbocycles. The van der Waals surface area contributed by atoms with E-state index < -0.39 is 12.0 Å². The fourth-order valence-corrected chi connectivity index (χ4v) is 1.17. The van der Waals surface area contributed by atoms with E-state index in [2.05, 4.69) is 20.0 Å². The van der Waals surface area contributed by atoms with Gasteiger partial charge in [0.1, 0.15) is 18.2 Å². The number of aliphatic hydroxyl groups is 1. The molecule has 2 N–H and O–H groups in total. The highest BCUT2D eigenvalue weighted by molar-refractivity contribution is 5.78. The molecule has 1 unspecified atom stereocenters. The number of hydrogen-bond donors (Lipinski definition) is 2. The highest BCUT2D eigenvalue weighted by atomic mass is 16.5. The van der Waals surface area contributed by atoms with Gasteiger partial charge in [-0.2, -0.15) is 0 Å². The van der Waals surface area contributed by atoms with Crippen LogP contribution in [-0.4, -0.2) is 40.8 Å². The Kier molecular flexibility index (Phi) is 4.65. The summed E-state index contributed by atoms with van der Waals surface area (Å²) in [5.74, 6) is -0.0320. The molecule has 0 spiro atoms. The van der Waals surface area contributed by atoms with Crippen LogP contribution in [0.1, 0.15) is 12.6 Å². The second-order valence-corrected chi connectivity index (χ2v) is 3.15. The van der Waals surface area contributed by atoms with Crippen LogP contribution in [0.2, 0.25) is 0 Å². The summed E-state index contributed by atoms with van der Waals surface area (Å²) in [6.45, 7) is 1.62. The Morgan fingerprint density at radius 3 is 2.94 bits per heavy atom. The number of nitrogens with zero attached hydrogens (tertiary/aromatic N) is 2. The molecule has 1 aromatic heterocycles. The zero-order chi connectivity index (χ0) is 12.0. The maximum Gasteiger partial charge on any atom is 0.330 e. The molecule has 0 aliphatic heterocycles. The first-order valence-electron chi connectivity index (χ1n) is 4.97. The molecule has 0 aliphatic rings. The summed E-state index contributed by atoms with van der Waals surface area (Å²) in [4.78, 5) is 19.2. The Labute approximate surface area is 93.7 Å². The van der Waals surface area contributed by atoms with Gasteiger partial charge in [-0.05, 0) is 6.42 Å². The second-order valence-electron chi connectivity index (χ2n) is 3.15. The predicted molar refractivity (Wildman–Crippen MR) is 57.9 cm³/mol. The number of anilines is 1. The maximum atomic E-state index is 11.2. The maximum absolute atomic E-state index is 11.2. The number of nitrogens with one attached hydrogen (secondary N) is 1. The molecule has 16 heavy (non-hydrogen) atoms. The zero-order valence-electron chi connectivity index (χ0n) is 9.30. The molecule has 6 heteroatoms. The average Bonchev–Trinajstić information content (AvgIpc) is 2.35. The number of rotatable bonds is 5. The third-order valence-corrected chi connectivity index (χ3v) is 2.08. The van der Waals surface area contributed by atoms with Gasteiger partial charge in [-0.1, -0.05) is 6.92 Å². The molecule has 0 saturated carbocycles. The number of aromatic nitrogens is 2. The van der Waals surface area contributed by atoms with E-state index in [4.69, 9.17) is 5.11 Å². The standard InChI is InChI=1S/C10H15N3O3/c1-3-7-4-9(12-6-11-7)13-8(5-14)10(15)16-2/h4,6,8,14H,3,5H2,1-2H3,(H,11,12,13). The van der Waals surface area contributed by atoms with Crippen LogP contribution in [0.15, 0.2) is 12.4 Å². The lowest BCUT2D eigenvalue weighted by atomic mass is 10.3. The molecular weight excluding hydrogens is 210 g/mol. The van der Waals surface area contributed by atoms with Crippen LogP contribution in [-0.2, 0) is 16.0 Å². The van der Waals surface area contributed by atoms with Crippen LogP contribution in [0.4, 0.5) is 5.82 Å². The largest absolute Gasteiger partial charge is 0.467 e. The first-order valence-corrected chi connectivity index (χ1v) is 4.97. The molecule has 1 atom stereocenters. The van der Waals surface area contributed by atoms with Crippen LogP contribution in [0.5, 0.6) is 0 Å². The van der Waals surface area contributed by atoms with E-state index in [0.717, 1.165) is 12.1 Å². The quantitative estimate of drug-likeness (QED) is 0.685. The lowest BCUT2D eigenvalue weighted by molar-refractivity contribution is -0.142. The van der Waals surface area contributed by atoms with Crippen molar-refractivity contribution < 1.29 is 14.6 Å². The van der Waals surface area contributed by atoms with Crippen molar-refractivity contribution in [2.45, 2.75) is 19.4 Å². The fourth-order valence-electron chi connectivity index (χ4n) is 1.17. The van der Waals surface area contributed by atoms with E-state index in [-0.39, 0.29) is 6.61 Å². The molecular formula is C10H15N3O3. The predicted octanol–water partition coefficient (Wildman–Crippen LogP) is -0.0152. The van der Waals surface area contributed by atoms with Crippen molar-refractivity contribution in [3.8, 4) is 0 Å². The zero-order valence-corrected chi connectivity index (χ0v) is 9.30. The van der Waals surface area contributed by atoms with Gasteiger partial charge in [0.05, 0.1) is 13.7 Å². The van der Waals surface area contributed by atoms with Gasteiger partial charge in [-0.25, -0.2) is 14.8 Å². The number of aryl methyl sites for hydroxylation is 1. The number of esters is 1. The molecule has 0 aromatic carbocycles. The minimum Gasteiger partial charge on any atom is -0.467 e. The smallest absolute Gasteiger partial charge is 0.330 e. The van der Waals surface area contributed by atoms with E-state index in [1.165, 1.54) is 13.4 Å². The van der Waals surface area contributed by atoms with E-state index >= 15 is 0 Å². The van der Waals surface area contributed by atoms with Crippen LogP contribution in [0.25, 0.3) is 0 Å². The number of carbonyl (C=O) groups excluding carboxylic acids is 1. The van der Waals surface area contributed by atoms with Gasteiger partial charge in [0.25, 0.3) is 0 Å². The van der Waals surface area contributed by atoms with Gasteiger partial charge in [0, 0.05) is 11.8 Å².